The lowest BCUT2D eigenvalue weighted by atomic mass is 10.1. The molecule has 0 bridgehead atoms. The number of anilines is 2. The van der Waals surface area contributed by atoms with Crippen LogP contribution in [-0.4, -0.2) is 59.3 Å². The van der Waals surface area contributed by atoms with Crippen LogP contribution in [0.3, 0.4) is 0 Å². The van der Waals surface area contributed by atoms with Gasteiger partial charge in [-0.2, -0.15) is 0 Å². The van der Waals surface area contributed by atoms with Gasteiger partial charge in [-0.15, -0.1) is 0 Å². The second-order valence-electron chi connectivity index (χ2n) is 7.95. The van der Waals surface area contributed by atoms with Crippen LogP contribution in [0.2, 0.25) is 0 Å². The van der Waals surface area contributed by atoms with Gasteiger partial charge in [0, 0.05) is 51.2 Å². The van der Waals surface area contributed by atoms with Gasteiger partial charge in [-0.25, -0.2) is 14.2 Å². The molecule has 172 valence electrons. The summed E-state index contributed by atoms with van der Waals surface area (Å²) in [6.45, 7) is 1.44. The summed E-state index contributed by atoms with van der Waals surface area (Å²) in [5.74, 6) is -0.0950. The molecule has 33 heavy (non-hydrogen) atoms. The summed E-state index contributed by atoms with van der Waals surface area (Å²) in [6.07, 6.45) is 2.31. The molecule has 1 N–H and O–H groups in total. The number of carbonyl (C=O) groups excluding carboxylic acids is 1. The maximum Gasteiger partial charge on any atom is 0.321 e. The minimum Gasteiger partial charge on any atom is -0.370 e. The van der Waals surface area contributed by atoms with Crippen molar-refractivity contribution in [3.8, 4) is 11.3 Å². The summed E-state index contributed by atoms with van der Waals surface area (Å²) in [7, 11) is 4.99. The van der Waals surface area contributed by atoms with Gasteiger partial charge in [0.25, 0.3) is 5.56 Å². The summed E-state index contributed by atoms with van der Waals surface area (Å²) in [5, 5.41) is 2.80. The van der Waals surface area contributed by atoms with E-state index in [1.807, 2.05) is 29.2 Å². The van der Waals surface area contributed by atoms with Gasteiger partial charge < -0.3 is 19.9 Å². The minimum atomic E-state index is -0.537. The van der Waals surface area contributed by atoms with E-state index < -0.39 is 5.82 Å². The van der Waals surface area contributed by atoms with E-state index in [4.69, 9.17) is 4.74 Å². The van der Waals surface area contributed by atoms with Crippen molar-refractivity contribution in [2.45, 2.75) is 6.10 Å². The van der Waals surface area contributed by atoms with Gasteiger partial charge in [0.2, 0.25) is 5.95 Å². The molecule has 3 aromatic rings. The zero-order valence-electron chi connectivity index (χ0n) is 18.7. The molecule has 1 saturated heterocycles. The molecule has 9 nitrogen and oxygen atoms in total. The van der Waals surface area contributed by atoms with E-state index in [0.717, 1.165) is 11.8 Å². The fraction of sp³-hybridized carbons (Fsp3) is 0.304. The normalized spacial score (nSPS) is 15.9. The molecule has 0 spiro atoms. The Labute approximate surface area is 190 Å². The SMILES string of the molecule is CN(C)C(=O)Nc1ccc([C@H]2CN(c3nc(-c4ccncc4F)cc(=O)n3C)CCO2)cc1. The quantitative estimate of drug-likeness (QED) is 0.654. The lowest BCUT2D eigenvalue weighted by molar-refractivity contribution is 0.0390. The van der Waals surface area contributed by atoms with E-state index in [9.17, 15) is 14.0 Å². The molecule has 2 amide bonds. The number of pyridine rings is 1. The molecule has 10 heteroatoms. The van der Waals surface area contributed by atoms with Crippen LogP contribution in [0, 0.1) is 5.82 Å². The average Bonchev–Trinajstić information content (AvgIpc) is 2.81. The Morgan fingerprint density at radius 1 is 1.24 bits per heavy atom. The van der Waals surface area contributed by atoms with Crippen molar-refractivity contribution < 1.29 is 13.9 Å². The second kappa shape index (κ2) is 9.37. The number of urea groups is 1. The molecule has 0 radical (unpaired) electrons. The number of hydrogen-bond acceptors (Lipinski definition) is 6. The number of rotatable bonds is 4. The Bertz CT molecular complexity index is 1210. The molecule has 1 atom stereocenters. The second-order valence-corrected chi connectivity index (χ2v) is 7.95. The molecular weight excluding hydrogens is 427 g/mol. The molecule has 1 aromatic carbocycles. The largest absolute Gasteiger partial charge is 0.370 e. The fourth-order valence-corrected chi connectivity index (χ4v) is 3.58. The number of halogens is 1. The van der Waals surface area contributed by atoms with Gasteiger partial charge in [0.1, 0.15) is 6.10 Å². The van der Waals surface area contributed by atoms with Crippen LogP contribution in [0.25, 0.3) is 11.3 Å². The number of carbonyl (C=O) groups is 1. The Balaban J connectivity index is 1.57. The zero-order valence-corrected chi connectivity index (χ0v) is 18.7. The van der Waals surface area contributed by atoms with Gasteiger partial charge in [-0.3, -0.25) is 14.3 Å². The highest BCUT2D eigenvalue weighted by atomic mass is 19.1. The van der Waals surface area contributed by atoms with Gasteiger partial charge in [-0.05, 0) is 23.8 Å². The predicted octanol–water partition coefficient (Wildman–Crippen LogP) is 2.65. The van der Waals surface area contributed by atoms with Crippen LogP contribution in [0.15, 0.2) is 53.6 Å². The first-order valence-electron chi connectivity index (χ1n) is 10.5. The molecule has 0 unspecified atom stereocenters. The first-order chi connectivity index (χ1) is 15.8. The Kier molecular flexibility index (Phi) is 6.36. The molecule has 0 aliphatic carbocycles. The van der Waals surface area contributed by atoms with Crippen molar-refractivity contribution in [3.05, 3.63) is 70.5 Å². The van der Waals surface area contributed by atoms with Crippen LogP contribution in [0.5, 0.6) is 0 Å². The highest BCUT2D eigenvalue weighted by molar-refractivity contribution is 5.88. The van der Waals surface area contributed by atoms with Crippen molar-refractivity contribution in [2.24, 2.45) is 7.05 Å². The number of nitrogens with one attached hydrogen (secondary N) is 1. The fourth-order valence-electron chi connectivity index (χ4n) is 3.58. The van der Waals surface area contributed by atoms with E-state index in [-0.39, 0.29) is 29.0 Å². The average molecular weight is 452 g/mol. The molecule has 1 fully saturated rings. The summed E-state index contributed by atoms with van der Waals surface area (Å²) in [5.41, 5.74) is 1.82. The monoisotopic (exact) mass is 452 g/mol. The molecular formula is C23H25FN6O3. The predicted molar refractivity (Wildman–Crippen MR) is 123 cm³/mol. The van der Waals surface area contributed by atoms with E-state index in [0.29, 0.717) is 31.3 Å². The first-order valence-corrected chi connectivity index (χ1v) is 10.5. The van der Waals surface area contributed by atoms with Gasteiger partial charge in [0.05, 0.1) is 25.0 Å². The third-order valence-electron chi connectivity index (χ3n) is 5.45. The van der Waals surface area contributed by atoms with Crippen molar-refractivity contribution in [1.82, 2.24) is 19.4 Å². The number of benzene rings is 1. The van der Waals surface area contributed by atoms with Crippen molar-refractivity contribution in [3.63, 3.8) is 0 Å². The third kappa shape index (κ3) is 4.85. The first kappa shape index (κ1) is 22.4. The number of amides is 2. The number of aromatic nitrogens is 3. The Morgan fingerprint density at radius 2 is 2.00 bits per heavy atom. The Hall–Kier alpha value is -3.79. The van der Waals surface area contributed by atoms with E-state index in [2.05, 4.69) is 15.3 Å². The van der Waals surface area contributed by atoms with Crippen LogP contribution in [0.4, 0.5) is 20.8 Å². The number of hydrogen-bond donors (Lipinski definition) is 1. The zero-order chi connectivity index (χ0) is 23.5. The van der Waals surface area contributed by atoms with Crippen LogP contribution in [0.1, 0.15) is 11.7 Å². The molecule has 0 saturated carbocycles. The van der Waals surface area contributed by atoms with Crippen molar-refractivity contribution >= 4 is 17.7 Å². The van der Waals surface area contributed by atoms with Crippen LogP contribution < -0.4 is 15.8 Å². The highest BCUT2D eigenvalue weighted by Crippen LogP contribution is 2.27. The number of morpholine rings is 1. The lowest BCUT2D eigenvalue weighted by Gasteiger charge is -2.34. The van der Waals surface area contributed by atoms with E-state index in [1.165, 1.54) is 27.8 Å². The standard InChI is InChI=1S/C23H25FN6O3/c1-28(2)23(32)26-16-6-4-15(5-7-16)20-14-30(10-11-33-20)22-27-19(12-21(31)29(22)3)17-8-9-25-13-18(17)24/h4-9,12-13,20H,10-11,14H2,1-3H3,(H,26,32)/t20-/m1/s1. The molecule has 3 heterocycles. The highest BCUT2D eigenvalue weighted by Gasteiger charge is 2.25. The lowest BCUT2D eigenvalue weighted by Crippen LogP contribution is -2.41. The summed E-state index contributed by atoms with van der Waals surface area (Å²) < 4.78 is 21.7. The topological polar surface area (TPSA) is 92.6 Å². The summed E-state index contributed by atoms with van der Waals surface area (Å²) >= 11 is 0. The van der Waals surface area contributed by atoms with E-state index in [1.54, 1.807) is 21.1 Å². The van der Waals surface area contributed by atoms with Gasteiger partial charge in [0.15, 0.2) is 5.82 Å². The smallest absolute Gasteiger partial charge is 0.321 e. The van der Waals surface area contributed by atoms with Crippen molar-refractivity contribution in [1.29, 1.82) is 0 Å². The molecule has 4 rings (SSSR count). The van der Waals surface area contributed by atoms with Crippen LogP contribution >= 0.6 is 0 Å². The number of nitrogens with zero attached hydrogens (tertiary/aromatic N) is 5. The van der Waals surface area contributed by atoms with E-state index >= 15 is 0 Å². The van der Waals surface area contributed by atoms with Crippen molar-refractivity contribution in [2.75, 3.05) is 44.0 Å². The number of ether oxygens (including phenoxy) is 1. The summed E-state index contributed by atoms with van der Waals surface area (Å²) in [4.78, 5) is 36.2. The maximum absolute atomic E-state index is 14.2. The summed E-state index contributed by atoms with van der Waals surface area (Å²) in [6, 6.07) is 10.0. The van der Waals surface area contributed by atoms with Gasteiger partial charge >= 0.3 is 6.03 Å². The molecule has 1 aliphatic heterocycles. The Morgan fingerprint density at radius 3 is 2.70 bits per heavy atom. The molecule has 2 aromatic heterocycles. The minimum absolute atomic E-state index is 0.208. The third-order valence-corrected chi connectivity index (χ3v) is 5.45. The maximum atomic E-state index is 14.2. The molecule has 1 aliphatic rings. The van der Waals surface area contributed by atoms with Gasteiger partial charge in [-0.1, -0.05) is 12.1 Å². The van der Waals surface area contributed by atoms with Crippen LogP contribution in [-0.2, 0) is 11.8 Å².